The zero-order valence-electron chi connectivity index (χ0n) is 14.0. The number of amides is 1. The third-order valence-corrected chi connectivity index (χ3v) is 5.63. The van der Waals surface area contributed by atoms with Gasteiger partial charge in [0, 0.05) is 49.3 Å². The second-order valence-electron chi connectivity index (χ2n) is 6.92. The molecule has 128 valence electrons. The van der Waals surface area contributed by atoms with Crippen molar-refractivity contribution in [2.24, 2.45) is 13.0 Å². The van der Waals surface area contributed by atoms with Crippen molar-refractivity contribution in [3.05, 3.63) is 39.8 Å². The molecule has 0 bridgehead atoms. The van der Waals surface area contributed by atoms with Gasteiger partial charge in [-0.3, -0.25) is 9.48 Å². The minimum absolute atomic E-state index is 0.181. The van der Waals surface area contributed by atoms with E-state index in [-0.39, 0.29) is 11.8 Å². The SMILES string of the molecule is Cn1cc2c(n1)[C@H](COCC1CC1)CN(C(=O)Cc1cccs1)C2. The average Bonchev–Trinajstić information content (AvgIpc) is 3.08. The van der Waals surface area contributed by atoms with Crippen molar-refractivity contribution in [2.45, 2.75) is 31.7 Å². The molecule has 1 fully saturated rings. The van der Waals surface area contributed by atoms with Crippen LogP contribution in [-0.2, 0) is 29.5 Å². The standard InChI is InChI=1S/C18H23N3O2S/c1-20-8-14-9-21(17(22)7-16-3-2-6-24-16)10-15(18(14)19-20)12-23-11-13-4-5-13/h2-3,6,8,13,15H,4-5,7,9-12H2,1H3/t15-/m0/s1. The van der Waals surface area contributed by atoms with E-state index in [0.717, 1.165) is 28.7 Å². The summed E-state index contributed by atoms with van der Waals surface area (Å²) in [5.41, 5.74) is 2.26. The summed E-state index contributed by atoms with van der Waals surface area (Å²) in [6, 6.07) is 4.02. The van der Waals surface area contributed by atoms with Gasteiger partial charge in [-0.05, 0) is 30.2 Å². The predicted molar refractivity (Wildman–Crippen MR) is 92.9 cm³/mol. The molecular formula is C18H23N3O2S. The number of nitrogens with zero attached hydrogens (tertiary/aromatic N) is 3. The Labute approximate surface area is 146 Å². The van der Waals surface area contributed by atoms with Gasteiger partial charge in [0.1, 0.15) is 0 Å². The van der Waals surface area contributed by atoms with Crippen LogP contribution in [-0.4, -0.2) is 40.3 Å². The lowest BCUT2D eigenvalue weighted by atomic mass is 9.97. The number of hydrogen-bond acceptors (Lipinski definition) is 4. The molecule has 1 aliphatic heterocycles. The summed E-state index contributed by atoms with van der Waals surface area (Å²) < 4.78 is 7.76. The first kappa shape index (κ1) is 15.8. The van der Waals surface area contributed by atoms with Gasteiger partial charge in [-0.15, -0.1) is 11.3 Å². The Balaban J connectivity index is 1.45. The Bertz CT molecular complexity index is 706. The maximum atomic E-state index is 12.7. The van der Waals surface area contributed by atoms with Crippen LogP contribution in [0.4, 0.5) is 0 Å². The number of ether oxygens (including phenoxy) is 1. The first-order chi connectivity index (χ1) is 11.7. The van der Waals surface area contributed by atoms with Crippen LogP contribution in [0.2, 0.25) is 0 Å². The van der Waals surface area contributed by atoms with E-state index < -0.39 is 0 Å². The van der Waals surface area contributed by atoms with Crippen LogP contribution < -0.4 is 0 Å². The highest BCUT2D eigenvalue weighted by atomic mass is 32.1. The van der Waals surface area contributed by atoms with E-state index in [1.165, 1.54) is 12.8 Å². The summed E-state index contributed by atoms with van der Waals surface area (Å²) in [7, 11) is 1.94. The van der Waals surface area contributed by atoms with E-state index in [1.54, 1.807) is 11.3 Å². The molecule has 6 heteroatoms. The predicted octanol–water partition coefficient (Wildman–Crippen LogP) is 2.58. The van der Waals surface area contributed by atoms with Crippen molar-refractivity contribution in [3.63, 3.8) is 0 Å². The van der Waals surface area contributed by atoms with Gasteiger partial charge in [0.15, 0.2) is 0 Å². The van der Waals surface area contributed by atoms with E-state index in [1.807, 2.05) is 40.3 Å². The van der Waals surface area contributed by atoms with Gasteiger partial charge in [0.25, 0.3) is 0 Å². The summed E-state index contributed by atoms with van der Waals surface area (Å²) in [4.78, 5) is 15.8. The molecule has 1 aliphatic carbocycles. The Morgan fingerprint density at radius 1 is 1.42 bits per heavy atom. The van der Waals surface area contributed by atoms with Gasteiger partial charge < -0.3 is 9.64 Å². The van der Waals surface area contributed by atoms with Crippen molar-refractivity contribution in [3.8, 4) is 0 Å². The van der Waals surface area contributed by atoms with E-state index in [4.69, 9.17) is 4.74 Å². The molecule has 2 aromatic rings. The minimum atomic E-state index is 0.181. The number of carbonyl (C=O) groups is 1. The largest absolute Gasteiger partial charge is 0.380 e. The molecular weight excluding hydrogens is 322 g/mol. The highest BCUT2D eigenvalue weighted by Gasteiger charge is 2.31. The maximum absolute atomic E-state index is 12.7. The highest BCUT2D eigenvalue weighted by Crippen LogP contribution is 2.31. The van der Waals surface area contributed by atoms with Gasteiger partial charge in [-0.2, -0.15) is 5.10 Å². The molecule has 1 amide bonds. The topological polar surface area (TPSA) is 47.4 Å². The van der Waals surface area contributed by atoms with Crippen LogP contribution in [0.1, 0.15) is 34.9 Å². The fourth-order valence-electron chi connectivity index (χ4n) is 3.30. The average molecular weight is 345 g/mol. The lowest BCUT2D eigenvalue weighted by molar-refractivity contribution is -0.132. The van der Waals surface area contributed by atoms with Gasteiger partial charge in [-0.25, -0.2) is 0 Å². The summed E-state index contributed by atoms with van der Waals surface area (Å²) in [5, 5.41) is 6.64. The van der Waals surface area contributed by atoms with Crippen LogP contribution in [0, 0.1) is 5.92 Å². The Morgan fingerprint density at radius 2 is 2.29 bits per heavy atom. The molecule has 5 nitrogen and oxygen atoms in total. The van der Waals surface area contributed by atoms with Crippen LogP contribution in [0.25, 0.3) is 0 Å². The molecule has 0 saturated heterocycles. The minimum Gasteiger partial charge on any atom is -0.380 e. The second-order valence-corrected chi connectivity index (χ2v) is 7.95. The lowest BCUT2D eigenvalue weighted by Crippen LogP contribution is -2.40. The third kappa shape index (κ3) is 3.54. The van der Waals surface area contributed by atoms with Crippen molar-refractivity contribution in [1.82, 2.24) is 14.7 Å². The Morgan fingerprint density at radius 3 is 3.04 bits per heavy atom. The molecule has 1 atom stereocenters. The normalized spacial score (nSPS) is 20.2. The number of rotatable bonds is 6. The fraction of sp³-hybridized carbons (Fsp3) is 0.556. The molecule has 1 saturated carbocycles. The molecule has 3 heterocycles. The van der Waals surface area contributed by atoms with Crippen molar-refractivity contribution >= 4 is 17.2 Å². The third-order valence-electron chi connectivity index (χ3n) is 4.75. The molecule has 4 rings (SSSR count). The van der Waals surface area contributed by atoms with Crippen LogP contribution >= 0.6 is 11.3 Å². The summed E-state index contributed by atoms with van der Waals surface area (Å²) in [5.74, 6) is 1.13. The number of aryl methyl sites for hydroxylation is 1. The molecule has 0 unspecified atom stereocenters. The molecule has 0 aromatic carbocycles. The first-order valence-corrected chi connectivity index (χ1v) is 9.47. The summed E-state index contributed by atoms with van der Waals surface area (Å²) in [6.45, 7) is 2.87. The van der Waals surface area contributed by atoms with Crippen molar-refractivity contribution in [2.75, 3.05) is 19.8 Å². The molecule has 24 heavy (non-hydrogen) atoms. The zero-order valence-corrected chi connectivity index (χ0v) is 14.8. The second kappa shape index (κ2) is 6.69. The smallest absolute Gasteiger partial charge is 0.228 e. The zero-order chi connectivity index (χ0) is 16.5. The van der Waals surface area contributed by atoms with Gasteiger partial charge in [-0.1, -0.05) is 6.07 Å². The number of aromatic nitrogens is 2. The first-order valence-electron chi connectivity index (χ1n) is 8.59. The van der Waals surface area contributed by atoms with E-state index >= 15 is 0 Å². The number of thiophene rings is 1. The molecule has 0 radical (unpaired) electrons. The number of hydrogen-bond donors (Lipinski definition) is 0. The van der Waals surface area contributed by atoms with Gasteiger partial charge >= 0.3 is 0 Å². The van der Waals surface area contributed by atoms with Gasteiger partial charge in [0.2, 0.25) is 5.91 Å². The van der Waals surface area contributed by atoms with Gasteiger partial charge in [0.05, 0.1) is 18.7 Å². The summed E-state index contributed by atoms with van der Waals surface area (Å²) >= 11 is 1.64. The number of carbonyl (C=O) groups excluding carboxylic acids is 1. The Kier molecular flexibility index (Phi) is 4.41. The van der Waals surface area contributed by atoms with Crippen molar-refractivity contribution < 1.29 is 9.53 Å². The molecule has 2 aliphatic rings. The monoisotopic (exact) mass is 345 g/mol. The lowest BCUT2D eigenvalue weighted by Gasteiger charge is -2.32. The molecule has 0 N–H and O–H groups in total. The fourth-order valence-corrected chi connectivity index (χ4v) is 4.00. The van der Waals surface area contributed by atoms with E-state index in [0.29, 0.717) is 26.1 Å². The number of fused-ring (bicyclic) bond motifs is 1. The van der Waals surface area contributed by atoms with Crippen LogP contribution in [0.15, 0.2) is 23.7 Å². The quantitative estimate of drug-likeness (QED) is 0.808. The van der Waals surface area contributed by atoms with Crippen LogP contribution in [0.3, 0.4) is 0 Å². The Hall–Kier alpha value is -1.66. The van der Waals surface area contributed by atoms with Crippen LogP contribution in [0.5, 0.6) is 0 Å². The highest BCUT2D eigenvalue weighted by molar-refractivity contribution is 7.10. The maximum Gasteiger partial charge on any atom is 0.228 e. The summed E-state index contributed by atoms with van der Waals surface area (Å²) in [6.07, 6.45) is 5.12. The van der Waals surface area contributed by atoms with E-state index in [2.05, 4.69) is 5.10 Å². The molecule has 0 spiro atoms. The molecule has 2 aromatic heterocycles. The van der Waals surface area contributed by atoms with Crippen molar-refractivity contribution in [1.29, 1.82) is 0 Å². The van der Waals surface area contributed by atoms with E-state index in [9.17, 15) is 4.79 Å².